The summed E-state index contributed by atoms with van der Waals surface area (Å²) in [5.74, 6) is -0.585. The van der Waals surface area contributed by atoms with Gasteiger partial charge in [0.15, 0.2) is 0 Å². The van der Waals surface area contributed by atoms with Gasteiger partial charge in [-0.1, -0.05) is 6.92 Å². The van der Waals surface area contributed by atoms with Crippen molar-refractivity contribution in [1.29, 1.82) is 5.26 Å². The molecule has 1 amide bonds. The van der Waals surface area contributed by atoms with E-state index in [0.717, 1.165) is 24.3 Å². The van der Waals surface area contributed by atoms with Gasteiger partial charge < -0.3 is 16.8 Å². The van der Waals surface area contributed by atoms with Gasteiger partial charge >= 0.3 is 0 Å². The van der Waals surface area contributed by atoms with Crippen LogP contribution in [-0.2, 0) is 0 Å². The van der Waals surface area contributed by atoms with Gasteiger partial charge in [0.1, 0.15) is 21.5 Å². The molecule has 1 fully saturated rings. The summed E-state index contributed by atoms with van der Waals surface area (Å²) in [6.45, 7) is 2.98. The molecule has 0 saturated heterocycles. The lowest BCUT2D eigenvalue weighted by molar-refractivity contribution is 0.100. The average molecular weight is 264 g/mol. The lowest BCUT2D eigenvalue weighted by atomic mass is 10.0. The van der Waals surface area contributed by atoms with Crippen molar-refractivity contribution in [3.05, 3.63) is 10.4 Å². The van der Waals surface area contributed by atoms with Crippen LogP contribution in [0.25, 0.3) is 0 Å². The third kappa shape index (κ3) is 2.14. The van der Waals surface area contributed by atoms with Crippen molar-refractivity contribution < 1.29 is 4.79 Å². The van der Waals surface area contributed by atoms with E-state index in [2.05, 4.69) is 12.2 Å². The number of carbonyl (C=O) groups is 1. The number of carbonyl (C=O) groups excluding carboxylic acids is 1. The predicted octanol–water partition coefficient (Wildman–Crippen LogP) is 1.90. The van der Waals surface area contributed by atoms with E-state index >= 15 is 0 Å². The maximum absolute atomic E-state index is 11.2. The van der Waals surface area contributed by atoms with Crippen molar-refractivity contribution in [3.63, 3.8) is 0 Å². The van der Waals surface area contributed by atoms with Crippen LogP contribution in [0.2, 0.25) is 0 Å². The predicted molar refractivity (Wildman–Crippen MR) is 72.4 cm³/mol. The molecule has 0 atom stereocenters. The lowest BCUT2D eigenvalue weighted by Gasteiger charge is -2.13. The average Bonchev–Trinajstić information content (AvgIpc) is 3.05. The van der Waals surface area contributed by atoms with Gasteiger partial charge in [-0.15, -0.1) is 11.3 Å². The molecule has 1 saturated carbocycles. The fourth-order valence-corrected chi connectivity index (χ4v) is 2.88. The number of rotatable bonds is 5. The maximum Gasteiger partial charge on any atom is 0.261 e. The standard InChI is InChI=1S/C12H16N4OS/c1-2-12(3-4-12)6-16-11-7(5-13)8(14)9(18-11)10(15)17/h16H,2-4,6,14H2,1H3,(H2,15,17). The van der Waals surface area contributed by atoms with E-state index in [9.17, 15) is 4.79 Å². The van der Waals surface area contributed by atoms with Gasteiger partial charge in [0, 0.05) is 6.54 Å². The van der Waals surface area contributed by atoms with Gasteiger partial charge in [0.25, 0.3) is 5.91 Å². The molecule has 1 aromatic heterocycles. The van der Waals surface area contributed by atoms with Crippen LogP contribution < -0.4 is 16.8 Å². The summed E-state index contributed by atoms with van der Waals surface area (Å²) >= 11 is 1.16. The van der Waals surface area contributed by atoms with Crippen LogP contribution >= 0.6 is 11.3 Å². The van der Waals surface area contributed by atoms with Crippen LogP contribution in [0.15, 0.2) is 0 Å². The summed E-state index contributed by atoms with van der Waals surface area (Å²) in [5.41, 5.74) is 11.9. The molecule has 0 spiro atoms. The summed E-state index contributed by atoms with van der Waals surface area (Å²) in [6, 6.07) is 2.03. The number of hydrogen-bond acceptors (Lipinski definition) is 5. The van der Waals surface area contributed by atoms with Crippen LogP contribution in [0.5, 0.6) is 0 Å². The quantitative estimate of drug-likeness (QED) is 0.755. The van der Waals surface area contributed by atoms with E-state index in [1.54, 1.807) is 0 Å². The van der Waals surface area contributed by atoms with E-state index in [0.29, 0.717) is 16.0 Å². The van der Waals surface area contributed by atoms with Gasteiger partial charge in [0.2, 0.25) is 0 Å². The van der Waals surface area contributed by atoms with Crippen LogP contribution in [-0.4, -0.2) is 12.5 Å². The highest BCUT2D eigenvalue weighted by atomic mass is 32.1. The fourth-order valence-electron chi connectivity index (χ4n) is 1.96. The van der Waals surface area contributed by atoms with Crippen molar-refractivity contribution >= 4 is 27.9 Å². The first kappa shape index (κ1) is 12.7. The smallest absolute Gasteiger partial charge is 0.261 e. The molecular weight excluding hydrogens is 248 g/mol. The third-order valence-electron chi connectivity index (χ3n) is 3.61. The number of nitrogens with zero attached hydrogens (tertiary/aromatic N) is 1. The fraction of sp³-hybridized carbons (Fsp3) is 0.500. The Labute approximate surface area is 110 Å². The third-order valence-corrected chi connectivity index (χ3v) is 4.79. The van der Waals surface area contributed by atoms with Gasteiger partial charge in [-0.2, -0.15) is 5.26 Å². The number of nitrogens with two attached hydrogens (primary N) is 2. The molecule has 0 radical (unpaired) electrons. The lowest BCUT2D eigenvalue weighted by Crippen LogP contribution is -2.14. The molecule has 1 aliphatic carbocycles. The van der Waals surface area contributed by atoms with Gasteiger partial charge in [-0.3, -0.25) is 4.79 Å². The Hall–Kier alpha value is -1.74. The zero-order chi connectivity index (χ0) is 13.3. The normalized spacial score (nSPS) is 16.0. The molecule has 5 nitrogen and oxygen atoms in total. The summed E-state index contributed by atoms with van der Waals surface area (Å²) in [4.78, 5) is 11.4. The minimum atomic E-state index is -0.585. The largest absolute Gasteiger partial charge is 0.396 e. The first-order chi connectivity index (χ1) is 8.53. The van der Waals surface area contributed by atoms with E-state index in [4.69, 9.17) is 16.7 Å². The number of anilines is 2. The second kappa shape index (κ2) is 4.50. The van der Waals surface area contributed by atoms with E-state index in [1.807, 2.05) is 6.07 Å². The van der Waals surface area contributed by atoms with E-state index < -0.39 is 5.91 Å². The number of nitriles is 1. The number of nitrogen functional groups attached to an aromatic ring is 1. The Morgan fingerprint density at radius 3 is 2.72 bits per heavy atom. The number of thiophene rings is 1. The molecule has 1 aliphatic rings. The molecule has 1 heterocycles. The van der Waals surface area contributed by atoms with Crippen molar-refractivity contribution in [2.24, 2.45) is 11.1 Å². The molecule has 5 N–H and O–H groups in total. The molecule has 96 valence electrons. The van der Waals surface area contributed by atoms with Crippen LogP contribution in [0, 0.1) is 16.7 Å². The SMILES string of the molecule is CCC1(CNc2sc(C(N)=O)c(N)c2C#N)CC1. The highest BCUT2D eigenvalue weighted by molar-refractivity contribution is 7.18. The second-order valence-corrected chi connectivity index (χ2v) is 5.75. The zero-order valence-corrected chi connectivity index (χ0v) is 11.1. The highest BCUT2D eigenvalue weighted by Gasteiger charge is 2.40. The Balaban J connectivity index is 2.20. The van der Waals surface area contributed by atoms with Crippen LogP contribution in [0.4, 0.5) is 10.7 Å². The molecule has 0 aromatic carbocycles. The Morgan fingerprint density at radius 2 is 2.28 bits per heavy atom. The molecule has 0 unspecified atom stereocenters. The van der Waals surface area contributed by atoms with Gasteiger partial charge in [-0.25, -0.2) is 0 Å². The van der Waals surface area contributed by atoms with Crippen molar-refractivity contribution in [2.75, 3.05) is 17.6 Å². The Morgan fingerprint density at radius 1 is 1.61 bits per heavy atom. The molecule has 0 aliphatic heterocycles. The monoisotopic (exact) mass is 264 g/mol. The van der Waals surface area contributed by atoms with Crippen molar-refractivity contribution in [1.82, 2.24) is 0 Å². The first-order valence-electron chi connectivity index (χ1n) is 5.89. The maximum atomic E-state index is 11.2. The molecule has 2 rings (SSSR count). The summed E-state index contributed by atoms with van der Waals surface area (Å²) in [6.07, 6.45) is 3.54. The summed E-state index contributed by atoms with van der Waals surface area (Å²) in [5, 5.41) is 13.0. The Kier molecular flexibility index (Phi) is 3.18. The second-order valence-electron chi connectivity index (χ2n) is 4.73. The van der Waals surface area contributed by atoms with Crippen molar-refractivity contribution in [2.45, 2.75) is 26.2 Å². The molecule has 18 heavy (non-hydrogen) atoms. The van der Waals surface area contributed by atoms with Crippen LogP contribution in [0.3, 0.4) is 0 Å². The summed E-state index contributed by atoms with van der Waals surface area (Å²) < 4.78 is 0. The van der Waals surface area contributed by atoms with Crippen molar-refractivity contribution in [3.8, 4) is 6.07 Å². The number of primary amides is 1. The minimum Gasteiger partial charge on any atom is -0.396 e. The highest BCUT2D eigenvalue weighted by Crippen LogP contribution is 2.49. The number of nitrogens with one attached hydrogen (secondary N) is 1. The van der Waals surface area contributed by atoms with Crippen LogP contribution in [0.1, 0.15) is 41.4 Å². The molecule has 0 bridgehead atoms. The number of amides is 1. The van der Waals surface area contributed by atoms with Gasteiger partial charge in [0.05, 0.1) is 5.69 Å². The minimum absolute atomic E-state index is 0.193. The molecule has 1 aromatic rings. The van der Waals surface area contributed by atoms with E-state index in [-0.39, 0.29) is 10.6 Å². The first-order valence-corrected chi connectivity index (χ1v) is 6.70. The molecule has 6 heteroatoms. The van der Waals surface area contributed by atoms with Gasteiger partial charge in [-0.05, 0) is 24.7 Å². The topological polar surface area (TPSA) is 105 Å². The molecular formula is C12H16N4OS. The van der Waals surface area contributed by atoms with E-state index in [1.165, 1.54) is 12.8 Å². The summed E-state index contributed by atoms with van der Waals surface area (Å²) in [7, 11) is 0. The Bertz CT molecular complexity index is 525. The zero-order valence-electron chi connectivity index (χ0n) is 10.2. The number of hydrogen-bond donors (Lipinski definition) is 3.